The second-order valence-corrected chi connectivity index (χ2v) is 7.13. The molecule has 0 aliphatic heterocycles. The number of sulfonamides is 1. The molecule has 21 heavy (non-hydrogen) atoms. The minimum atomic E-state index is -3.69. The number of hydrogen-bond acceptors (Lipinski definition) is 3. The molecule has 0 saturated heterocycles. The van der Waals surface area contributed by atoms with Crippen molar-refractivity contribution in [3.63, 3.8) is 0 Å². The fourth-order valence-corrected chi connectivity index (χ4v) is 3.66. The van der Waals surface area contributed by atoms with Gasteiger partial charge in [-0.1, -0.05) is 12.1 Å². The molecule has 0 spiro atoms. The Kier molecular flexibility index (Phi) is 4.75. The SMILES string of the molecule is CCn1cc(S(=O)(=O)Nc2cccc(C)c2Br)cc1CO. The van der Waals surface area contributed by atoms with E-state index in [0.29, 0.717) is 22.4 Å². The molecule has 2 rings (SSSR count). The molecule has 1 aromatic heterocycles. The molecule has 0 fully saturated rings. The Morgan fingerprint density at radius 3 is 2.67 bits per heavy atom. The highest BCUT2D eigenvalue weighted by Gasteiger charge is 2.19. The Morgan fingerprint density at radius 2 is 2.10 bits per heavy atom. The van der Waals surface area contributed by atoms with Gasteiger partial charge < -0.3 is 9.67 Å². The number of aryl methyl sites for hydroxylation is 2. The molecule has 114 valence electrons. The summed E-state index contributed by atoms with van der Waals surface area (Å²) in [6, 6.07) is 6.85. The van der Waals surface area contributed by atoms with E-state index >= 15 is 0 Å². The van der Waals surface area contributed by atoms with E-state index in [0.717, 1.165) is 5.56 Å². The Labute approximate surface area is 132 Å². The quantitative estimate of drug-likeness (QED) is 0.847. The van der Waals surface area contributed by atoms with Gasteiger partial charge in [0.2, 0.25) is 0 Å². The van der Waals surface area contributed by atoms with Gasteiger partial charge in [0.25, 0.3) is 10.0 Å². The molecule has 7 heteroatoms. The van der Waals surface area contributed by atoms with Crippen molar-refractivity contribution < 1.29 is 13.5 Å². The average molecular weight is 373 g/mol. The molecule has 0 radical (unpaired) electrons. The molecule has 2 aromatic rings. The highest BCUT2D eigenvalue weighted by molar-refractivity contribution is 9.10. The van der Waals surface area contributed by atoms with Crippen molar-refractivity contribution in [3.05, 3.63) is 46.2 Å². The van der Waals surface area contributed by atoms with Crippen molar-refractivity contribution in [1.29, 1.82) is 0 Å². The predicted molar refractivity (Wildman–Crippen MR) is 85.7 cm³/mol. The van der Waals surface area contributed by atoms with Crippen LogP contribution in [0.5, 0.6) is 0 Å². The van der Waals surface area contributed by atoms with Crippen LogP contribution in [0.4, 0.5) is 5.69 Å². The molecular formula is C14H17BrN2O3S. The summed E-state index contributed by atoms with van der Waals surface area (Å²) in [7, 11) is -3.69. The maximum absolute atomic E-state index is 12.4. The molecule has 1 aromatic carbocycles. The van der Waals surface area contributed by atoms with Crippen molar-refractivity contribution in [2.45, 2.75) is 31.9 Å². The van der Waals surface area contributed by atoms with Gasteiger partial charge in [-0.3, -0.25) is 4.72 Å². The fourth-order valence-electron chi connectivity index (χ4n) is 2.03. The van der Waals surface area contributed by atoms with Gasteiger partial charge >= 0.3 is 0 Å². The van der Waals surface area contributed by atoms with E-state index in [1.807, 2.05) is 19.9 Å². The minimum Gasteiger partial charge on any atom is -0.390 e. The number of nitrogens with one attached hydrogen (secondary N) is 1. The predicted octanol–water partition coefficient (Wildman–Crippen LogP) is 2.87. The third-order valence-corrected chi connectivity index (χ3v) is 5.60. The van der Waals surface area contributed by atoms with Crippen LogP contribution in [0.25, 0.3) is 0 Å². The standard InChI is InChI=1S/C14H17BrN2O3S/c1-3-17-8-12(7-11(17)9-18)21(19,20)16-13-6-4-5-10(2)14(13)15/h4-8,16,18H,3,9H2,1-2H3. The number of aromatic nitrogens is 1. The number of benzene rings is 1. The molecule has 0 aliphatic carbocycles. The lowest BCUT2D eigenvalue weighted by molar-refractivity contribution is 0.271. The first kappa shape index (κ1) is 16.1. The maximum atomic E-state index is 12.4. The third-order valence-electron chi connectivity index (χ3n) is 3.21. The summed E-state index contributed by atoms with van der Waals surface area (Å²) in [6.45, 7) is 4.18. The molecule has 5 nitrogen and oxygen atoms in total. The fraction of sp³-hybridized carbons (Fsp3) is 0.286. The van der Waals surface area contributed by atoms with Crippen molar-refractivity contribution in [1.82, 2.24) is 4.57 Å². The molecule has 0 amide bonds. The first-order chi connectivity index (χ1) is 9.89. The van der Waals surface area contributed by atoms with Gasteiger partial charge in [-0.05, 0) is 47.5 Å². The molecule has 1 heterocycles. The summed E-state index contributed by atoms with van der Waals surface area (Å²) >= 11 is 3.38. The smallest absolute Gasteiger partial charge is 0.263 e. The van der Waals surface area contributed by atoms with E-state index in [1.54, 1.807) is 16.7 Å². The molecule has 0 bridgehead atoms. The van der Waals surface area contributed by atoms with Crippen molar-refractivity contribution in [3.8, 4) is 0 Å². The second kappa shape index (κ2) is 6.21. The Balaban J connectivity index is 2.38. The Morgan fingerprint density at radius 1 is 1.38 bits per heavy atom. The number of anilines is 1. The van der Waals surface area contributed by atoms with E-state index in [2.05, 4.69) is 20.7 Å². The zero-order valence-electron chi connectivity index (χ0n) is 11.8. The molecular weight excluding hydrogens is 356 g/mol. The van der Waals surface area contributed by atoms with Crippen LogP contribution in [-0.4, -0.2) is 18.1 Å². The van der Waals surface area contributed by atoms with Crippen LogP contribution in [0.15, 0.2) is 39.8 Å². The molecule has 0 aliphatic rings. The molecule has 0 saturated carbocycles. The molecule has 2 N–H and O–H groups in total. The Hall–Kier alpha value is -1.31. The highest BCUT2D eigenvalue weighted by atomic mass is 79.9. The molecule has 0 atom stereocenters. The highest BCUT2D eigenvalue weighted by Crippen LogP contribution is 2.28. The number of halogens is 1. The van der Waals surface area contributed by atoms with Gasteiger partial charge in [0.1, 0.15) is 4.90 Å². The summed E-state index contributed by atoms with van der Waals surface area (Å²) < 4.78 is 29.9. The number of hydrogen-bond donors (Lipinski definition) is 2. The lowest BCUT2D eigenvalue weighted by Crippen LogP contribution is -2.13. The second-order valence-electron chi connectivity index (χ2n) is 4.65. The zero-order valence-corrected chi connectivity index (χ0v) is 14.2. The van der Waals surface area contributed by atoms with Gasteiger partial charge in [-0.15, -0.1) is 0 Å². The summed E-state index contributed by atoms with van der Waals surface area (Å²) in [5.41, 5.74) is 2.00. The first-order valence-electron chi connectivity index (χ1n) is 6.47. The topological polar surface area (TPSA) is 71.3 Å². The lowest BCUT2D eigenvalue weighted by atomic mass is 10.2. The van der Waals surface area contributed by atoms with Crippen LogP contribution in [0.1, 0.15) is 18.2 Å². The summed E-state index contributed by atoms with van der Waals surface area (Å²) in [5.74, 6) is 0. The third kappa shape index (κ3) is 3.30. The number of nitrogens with zero attached hydrogens (tertiary/aromatic N) is 1. The van der Waals surface area contributed by atoms with E-state index in [1.165, 1.54) is 12.3 Å². The van der Waals surface area contributed by atoms with Crippen molar-refractivity contribution in [2.24, 2.45) is 0 Å². The normalized spacial score (nSPS) is 11.6. The van der Waals surface area contributed by atoms with Gasteiger partial charge in [0.05, 0.1) is 12.3 Å². The average Bonchev–Trinajstić information content (AvgIpc) is 2.88. The summed E-state index contributed by atoms with van der Waals surface area (Å²) in [5, 5.41) is 9.26. The summed E-state index contributed by atoms with van der Waals surface area (Å²) in [6.07, 6.45) is 1.53. The maximum Gasteiger partial charge on any atom is 0.263 e. The van der Waals surface area contributed by atoms with E-state index in [-0.39, 0.29) is 11.5 Å². The van der Waals surface area contributed by atoms with Crippen LogP contribution in [-0.2, 0) is 23.2 Å². The van der Waals surface area contributed by atoms with Gasteiger partial charge in [-0.2, -0.15) is 0 Å². The first-order valence-corrected chi connectivity index (χ1v) is 8.74. The minimum absolute atomic E-state index is 0.141. The van der Waals surface area contributed by atoms with E-state index in [4.69, 9.17) is 0 Å². The van der Waals surface area contributed by atoms with Gasteiger partial charge in [0, 0.05) is 22.9 Å². The van der Waals surface area contributed by atoms with Crippen molar-refractivity contribution >= 4 is 31.6 Å². The van der Waals surface area contributed by atoms with Gasteiger partial charge in [-0.25, -0.2) is 8.42 Å². The van der Waals surface area contributed by atoms with Crippen molar-refractivity contribution in [2.75, 3.05) is 4.72 Å². The van der Waals surface area contributed by atoms with E-state index in [9.17, 15) is 13.5 Å². The van der Waals surface area contributed by atoms with E-state index < -0.39 is 10.0 Å². The monoisotopic (exact) mass is 372 g/mol. The number of rotatable bonds is 5. The molecule has 0 unspecified atom stereocenters. The van der Waals surface area contributed by atoms with Crippen LogP contribution in [0.2, 0.25) is 0 Å². The summed E-state index contributed by atoms with van der Waals surface area (Å²) in [4.78, 5) is 0.141. The zero-order chi connectivity index (χ0) is 15.6. The van der Waals surface area contributed by atoms with Crippen LogP contribution < -0.4 is 4.72 Å². The van der Waals surface area contributed by atoms with Gasteiger partial charge in [0.15, 0.2) is 0 Å². The van der Waals surface area contributed by atoms with Crippen LogP contribution in [0, 0.1) is 6.92 Å². The van der Waals surface area contributed by atoms with Crippen LogP contribution >= 0.6 is 15.9 Å². The number of aliphatic hydroxyl groups excluding tert-OH is 1. The largest absolute Gasteiger partial charge is 0.390 e. The van der Waals surface area contributed by atoms with Crippen LogP contribution in [0.3, 0.4) is 0 Å². The lowest BCUT2D eigenvalue weighted by Gasteiger charge is -2.10. The Bertz CT molecular complexity index is 732. The number of aliphatic hydroxyl groups is 1.